The largest absolute Gasteiger partial charge is 0.246 e. The molecule has 0 N–H and O–H groups in total. The second-order valence-corrected chi connectivity index (χ2v) is 4.41. The molecule has 1 aromatic heterocycles. The van der Waals surface area contributed by atoms with E-state index in [9.17, 15) is 8.42 Å². The van der Waals surface area contributed by atoms with Crippen molar-refractivity contribution in [3.63, 3.8) is 0 Å². The minimum absolute atomic E-state index is 0.111. The van der Waals surface area contributed by atoms with Crippen molar-refractivity contribution in [3.05, 3.63) is 18.0 Å². The molecule has 0 aliphatic carbocycles. The first-order valence-corrected chi connectivity index (χ1v) is 5.44. The molecule has 1 aromatic rings. The van der Waals surface area contributed by atoms with E-state index in [2.05, 4.69) is 9.97 Å². The van der Waals surface area contributed by atoms with Crippen LogP contribution >= 0.6 is 0 Å². The highest BCUT2D eigenvalue weighted by atomic mass is 32.2. The maximum atomic E-state index is 10.9. The van der Waals surface area contributed by atoms with E-state index in [4.69, 9.17) is 0 Å². The number of hydrogen-bond donors (Lipinski definition) is 0. The molecule has 0 radical (unpaired) electrons. The molecule has 0 saturated carbocycles. The van der Waals surface area contributed by atoms with E-state index in [0.717, 1.165) is 18.2 Å². The highest BCUT2D eigenvalue weighted by molar-refractivity contribution is 7.90. The molecule has 0 aliphatic heterocycles. The minimum atomic E-state index is -3.25. The van der Waals surface area contributed by atoms with Crippen LogP contribution < -0.4 is 0 Å². The fourth-order valence-electron chi connectivity index (χ4n) is 0.717. The molecule has 0 atom stereocenters. The van der Waals surface area contributed by atoms with E-state index in [0.29, 0.717) is 0 Å². The van der Waals surface area contributed by atoms with Crippen molar-refractivity contribution in [1.82, 2.24) is 9.97 Å². The summed E-state index contributed by atoms with van der Waals surface area (Å²) in [4.78, 5) is 7.44. The van der Waals surface area contributed by atoms with Crippen LogP contribution in [0.15, 0.2) is 17.6 Å². The van der Waals surface area contributed by atoms with Crippen molar-refractivity contribution in [2.45, 2.75) is 18.5 Å². The Balaban J connectivity index is 3.09. The Bertz CT molecular complexity index is 355. The number of sulfone groups is 1. The van der Waals surface area contributed by atoms with Crippen LogP contribution in [0.4, 0.5) is 0 Å². The number of aromatic nitrogens is 2. The van der Waals surface area contributed by atoms with Gasteiger partial charge in [-0.2, -0.15) is 0 Å². The molecule has 0 spiro atoms. The Morgan fingerprint density at radius 3 is 2.17 bits per heavy atom. The normalized spacial score (nSPS) is 11.5. The first kappa shape index (κ1) is 9.12. The van der Waals surface area contributed by atoms with Gasteiger partial charge in [-0.25, -0.2) is 18.4 Å². The zero-order chi connectivity index (χ0) is 9.19. The average molecular weight is 186 g/mol. The molecule has 1 heterocycles. The second kappa shape index (κ2) is 3.18. The summed E-state index contributed by atoms with van der Waals surface area (Å²) in [6.07, 6.45) is 4.96. The van der Waals surface area contributed by atoms with Gasteiger partial charge in [-0.1, -0.05) is 6.92 Å². The zero-order valence-corrected chi connectivity index (χ0v) is 7.80. The van der Waals surface area contributed by atoms with Gasteiger partial charge in [-0.15, -0.1) is 0 Å². The third-order valence-electron chi connectivity index (χ3n) is 1.42. The molecule has 1 rings (SSSR count). The molecular weight excluding hydrogens is 176 g/mol. The third kappa shape index (κ3) is 2.01. The standard InChI is InChI=1S/C7H10N2O2S/c1-3-6-4-8-7(9-5-6)12(2,10)11/h4-5H,3H2,1-2H3. The van der Waals surface area contributed by atoms with Crippen LogP contribution in [0.3, 0.4) is 0 Å². The van der Waals surface area contributed by atoms with Crippen LogP contribution in [0, 0.1) is 0 Å². The van der Waals surface area contributed by atoms with Crippen molar-refractivity contribution >= 4 is 9.84 Å². The van der Waals surface area contributed by atoms with E-state index >= 15 is 0 Å². The average Bonchev–Trinajstić information content (AvgIpc) is 2.03. The SMILES string of the molecule is CCc1cnc(S(C)(=O)=O)nc1. The van der Waals surface area contributed by atoms with Gasteiger partial charge in [0.15, 0.2) is 0 Å². The summed E-state index contributed by atoms with van der Waals surface area (Å²) in [6.45, 7) is 1.96. The van der Waals surface area contributed by atoms with E-state index in [1.54, 1.807) is 0 Å². The van der Waals surface area contributed by atoms with Gasteiger partial charge in [0.1, 0.15) is 0 Å². The molecule has 66 valence electrons. The minimum Gasteiger partial charge on any atom is -0.227 e. The number of aryl methyl sites for hydroxylation is 1. The van der Waals surface area contributed by atoms with E-state index < -0.39 is 9.84 Å². The Kier molecular flexibility index (Phi) is 2.42. The van der Waals surface area contributed by atoms with Crippen LogP contribution in [0.2, 0.25) is 0 Å². The van der Waals surface area contributed by atoms with Crippen LogP contribution in [0.5, 0.6) is 0 Å². The van der Waals surface area contributed by atoms with Crippen LogP contribution in [-0.4, -0.2) is 24.6 Å². The third-order valence-corrected chi connectivity index (χ3v) is 2.30. The molecule has 0 amide bonds. The van der Waals surface area contributed by atoms with Gasteiger partial charge in [0.05, 0.1) is 0 Å². The quantitative estimate of drug-likeness (QED) is 0.629. The molecule has 5 heteroatoms. The Hall–Kier alpha value is -0.970. The monoisotopic (exact) mass is 186 g/mol. The molecule has 12 heavy (non-hydrogen) atoms. The van der Waals surface area contributed by atoms with E-state index in [-0.39, 0.29) is 5.16 Å². The van der Waals surface area contributed by atoms with Crippen LogP contribution in [-0.2, 0) is 16.3 Å². The molecular formula is C7H10N2O2S. The van der Waals surface area contributed by atoms with Crippen LogP contribution in [0.1, 0.15) is 12.5 Å². The molecule has 0 aliphatic rings. The van der Waals surface area contributed by atoms with Gasteiger partial charge in [-0.3, -0.25) is 0 Å². The number of nitrogens with zero attached hydrogens (tertiary/aromatic N) is 2. The first-order valence-electron chi connectivity index (χ1n) is 3.55. The summed E-state index contributed by atoms with van der Waals surface area (Å²) in [5, 5.41) is -0.111. The van der Waals surface area contributed by atoms with Gasteiger partial charge in [-0.05, 0) is 12.0 Å². The van der Waals surface area contributed by atoms with Crippen molar-refractivity contribution < 1.29 is 8.42 Å². The lowest BCUT2D eigenvalue weighted by Crippen LogP contribution is -2.03. The maximum Gasteiger partial charge on any atom is 0.246 e. The second-order valence-electron chi connectivity index (χ2n) is 2.50. The van der Waals surface area contributed by atoms with E-state index in [1.807, 2.05) is 6.92 Å². The summed E-state index contributed by atoms with van der Waals surface area (Å²) in [6, 6.07) is 0. The highest BCUT2D eigenvalue weighted by Crippen LogP contribution is 2.01. The van der Waals surface area contributed by atoms with Gasteiger partial charge >= 0.3 is 0 Å². The zero-order valence-electron chi connectivity index (χ0n) is 6.98. The van der Waals surface area contributed by atoms with Crippen molar-refractivity contribution in [1.29, 1.82) is 0 Å². The summed E-state index contributed by atoms with van der Waals surface area (Å²) in [5.41, 5.74) is 0.933. The summed E-state index contributed by atoms with van der Waals surface area (Å²) in [7, 11) is -3.25. The summed E-state index contributed by atoms with van der Waals surface area (Å²) < 4.78 is 21.8. The number of hydrogen-bond acceptors (Lipinski definition) is 4. The lowest BCUT2D eigenvalue weighted by atomic mass is 10.3. The first-order chi connectivity index (χ1) is 5.54. The van der Waals surface area contributed by atoms with Gasteiger partial charge in [0, 0.05) is 18.6 Å². The smallest absolute Gasteiger partial charge is 0.227 e. The molecule has 0 saturated heterocycles. The fraction of sp³-hybridized carbons (Fsp3) is 0.429. The molecule has 0 bridgehead atoms. The van der Waals surface area contributed by atoms with Crippen LogP contribution in [0.25, 0.3) is 0 Å². The Morgan fingerprint density at radius 1 is 1.33 bits per heavy atom. The molecule has 0 aromatic carbocycles. The highest BCUT2D eigenvalue weighted by Gasteiger charge is 2.09. The predicted molar refractivity (Wildman–Crippen MR) is 44.5 cm³/mol. The maximum absolute atomic E-state index is 10.9. The summed E-state index contributed by atoms with van der Waals surface area (Å²) in [5.74, 6) is 0. The molecule has 4 nitrogen and oxygen atoms in total. The van der Waals surface area contributed by atoms with Gasteiger partial charge in [0.25, 0.3) is 0 Å². The molecule has 0 fully saturated rings. The lowest BCUT2D eigenvalue weighted by Gasteiger charge is -1.96. The lowest BCUT2D eigenvalue weighted by molar-refractivity contribution is 0.592. The van der Waals surface area contributed by atoms with Gasteiger partial charge in [0.2, 0.25) is 15.0 Å². The molecule has 0 unspecified atom stereocenters. The van der Waals surface area contributed by atoms with Gasteiger partial charge < -0.3 is 0 Å². The number of rotatable bonds is 2. The Labute approximate surface area is 71.6 Å². The Morgan fingerprint density at radius 2 is 1.83 bits per heavy atom. The van der Waals surface area contributed by atoms with Crippen molar-refractivity contribution in [2.75, 3.05) is 6.26 Å². The van der Waals surface area contributed by atoms with Crippen molar-refractivity contribution in [3.8, 4) is 0 Å². The summed E-state index contributed by atoms with van der Waals surface area (Å²) >= 11 is 0. The predicted octanol–water partition coefficient (Wildman–Crippen LogP) is 0.443. The van der Waals surface area contributed by atoms with E-state index in [1.165, 1.54) is 12.4 Å². The topological polar surface area (TPSA) is 59.9 Å². The van der Waals surface area contributed by atoms with Crippen molar-refractivity contribution in [2.24, 2.45) is 0 Å². The fourth-order valence-corrected chi connectivity index (χ4v) is 1.21.